The van der Waals surface area contributed by atoms with Gasteiger partial charge in [0.25, 0.3) is 0 Å². The first-order valence-electron chi connectivity index (χ1n) is 1.47. The highest BCUT2D eigenvalue weighted by atomic mass is 28.1. The summed E-state index contributed by atoms with van der Waals surface area (Å²) < 4.78 is 0. The molecular formula is C3H9O2Si. The lowest BCUT2D eigenvalue weighted by molar-refractivity contribution is -0.142. The average Bonchev–Trinajstić information content (AvgIpc) is 1.38. The van der Waals surface area contributed by atoms with Gasteiger partial charge in [-0.3, -0.25) is 0 Å². The lowest BCUT2D eigenvalue weighted by atomic mass is 10.5. The Morgan fingerprint density at radius 3 is 1.83 bits per heavy atom. The van der Waals surface area contributed by atoms with Crippen molar-refractivity contribution in [3.63, 3.8) is 0 Å². The van der Waals surface area contributed by atoms with Crippen molar-refractivity contribution in [3.8, 4) is 0 Å². The first-order valence-corrected chi connectivity index (χ1v) is 1.47. The van der Waals surface area contributed by atoms with Gasteiger partial charge in [0, 0.05) is 6.42 Å². The van der Waals surface area contributed by atoms with Crippen molar-refractivity contribution >= 4 is 16.9 Å². The molecule has 0 aromatic heterocycles. The molecule has 0 aromatic rings. The molecule has 0 spiro atoms. The summed E-state index contributed by atoms with van der Waals surface area (Å²) in [5.74, 6) is -0.995. The maximum Gasteiger partial charge on any atom is 0.355 e. The van der Waals surface area contributed by atoms with Crippen LogP contribution < -0.4 is 0 Å². The van der Waals surface area contributed by atoms with Crippen molar-refractivity contribution in [1.82, 2.24) is 0 Å². The molecule has 0 bridgehead atoms. The molecule has 0 aliphatic rings. The van der Waals surface area contributed by atoms with Gasteiger partial charge in [0.05, 0.1) is 0 Å². The van der Waals surface area contributed by atoms with Crippen molar-refractivity contribution in [3.05, 3.63) is 0 Å². The van der Waals surface area contributed by atoms with Crippen LogP contribution in [0.3, 0.4) is 0 Å². The van der Waals surface area contributed by atoms with Gasteiger partial charge in [-0.1, -0.05) is 6.92 Å². The van der Waals surface area contributed by atoms with Gasteiger partial charge >= 0.3 is 5.97 Å². The molecule has 0 aromatic carbocycles. The largest absolute Gasteiger partial charge is 0.355 e. The summed E-state index contributed by atoms with van der Waals surface area (Å²) in [5, 5.41) is 9.26. The fraction of sp³-hybridized carbons (Fsp3) is 0.667. The minimum absolute atomic E-state index is 0. The van der Waals surface area contributed by atoms with E-state index in [1.54, 1.807) is 0 Å². The van der Waals surface area contributed by atoms with Crippen LogP contribution in [-0.4, -0.2) is 16.9 Å². The summed E-state index contributed by atoms with van der Waals surface area (Å²) in [5.41, 5.74) is 0. The molecule has 0 rings (SSSR count). The van der Waals surface area contributed by atoms with Gasteiger partial charge in [-0.15, -0.1) is 0 Å². The zero-order valence-electron chi connectivity index (χ0n) is 3.02. The van der Waals surface area contributed by atoms with Gasteiger partial charge in [-0.05, 0) is 11.0 Å². The van der Waals surface area contributed by atoms with Crippen LogP contribution in [0.1, 0.15) is 13.3 Å². The van der Waals surface area contributed by atoms with Gasteiger partial charge in [0.2, 0.25) is 0 Å². The molecule has 0 saturated heterocycles. The van der Waals surface area contributed by atoms with Crippen LogP contribution in [0.2, 0.25) is 0 Å². The Balaban J connectivity index is 0. The summed E-state index contributed by atoms with van der Waals surface area (Å²) in [6, 6.07) is 0. The molecule has 1 radical (unpaired) electrons. The van der Waals surface area contributed by atoms with Crippen LogP contribution in [-0.2, 0) is 9.90 Å². The third kappa shape index (κ3) is 9.35. The van der Waals surface area contributed by atoms with E-state index in [1.165, 1.54) is 6.92 Å². The molecular weight excluding hydrogens is 96.1 g/mol. The van der Waals surface area contributed by atoms with Crippen molar-refractivity contribution in [1.29, 1.82) is 0 Å². The summed E-state index contributed by atoms with van der Waals surface area (Å²) in [7, 11) is 0. The van der Waals surface area contributed by atoms with E-state index in [9.17, 15) is 9.90 Å². The molecule has 0 unspecified atom stereocenters. The number of rotatable bonds is 1. The Morgan fingerprint density at radius 2 is 1.83 bits per heavy atom. The molecule has 0 heterocycles. The van der Waals surface area contributed by atoms with Crippen LogP contribution in [0.15, 0.2) is 0 Å². The number of carbonyl (C=O) groups excluding carboxylic acids is 1. The van der Waals surface area contributed by atoms with Crippen molar-refractivity contribution in [2.45, 2.75) is 13.3 Å². The van der Waals surface area contributed by atoms with E-state index in [2.05, 4.69) is 0 Å². The van der Waals surface area contributed by atoms with E-state index in [0.717, 1.165) is 0 Å². The fourth-order valence-electron chi connectivity index (χ4n) is 0. The average molecular weight is 105 g/mol. The van der Waals surface area contributed by atoms with E-state index >= 15 is 0 Å². The quantitative estimate of drug-likeness (QED) is 0.390. The van der Waals surface area contributed by atoms with Crippen molar-refractivity contribution in [2.75, 3.05) is 0 Å². The number of hydrogen-bond acceptors (Lipinski definition) is 1. The zero-order valence-corrected chi connectivity index (χ0v) is 3.02. The highest BCUT2D eigenvalue weighted by molar-refractivity contribution is 5.75. The van der Waals surface area contributed by atoms with E-state index < -0.39 is 5.97 Å². The number of carbonyl (C=O) groups is 1. The Bertz CT molecular complexity index is 44.1. The first kappa shape index (κ1) is 9.19. The normalized spacial score (nSPS) is 6.17. The zero-order chi connectivity index (χ0) is 4.28. The van der Waals surface area contributed by atoms with E-state index in [-0.39, 0.29) is 17.4 Å². The lowest BCUT2D eigenvalue weighted by Crippen LogP contribution is -1.83. The summed E-state index contributed by atoms with van der Waals surface area (Å²) in [6.45, 7) is 1.54. The Kier molecular flexibility index (Phi) is 7.18. The number of hydrogen-bond donors (Lipinski definition) is 0. The SMILES string of the molecule is CCC([O])=O.[SiH4]. The van der Waals surface area contributed by atoms with E-state index in [0.29, 0.717) is 0 Å². The smallest absolute Gasteiger partial charge is 0.247 e. The third-order valence-electron chi connectivity index (χ3n) is 0.289. The minimum Gasteiger partial charge on any atom is -0.247 e. The van der Waals surface area contributed by atoms with Crippen molar-refractivity contribution < 1.29 is 9.90 Å². The molecule has 0 atom stereocenters. The van der Waals surface area contributed by atoms with Gasteiger partial charge in [0.15, 0.2) is 0 Å². The molecule has 0 aliphatic heterocycles. The fourth-order valence-corrected chi connectivity index (χ4v) is 0. The first-order chi connectivity index (χ1) is 2.27. The molecule has 6 heavy (non-hydrogen) atoms. The van der Waals surface area contributed by atoms with Crippen LogP contribution in [0.25, 0.3) is 0 Å². The molecule has 0 N–H and O–H groups in total. The topological polar surface area (TPSA) is 37.0 Å². The van der Waals surface area contributed by atoms with E-state index in [1.807, 2.05) is 0 Å². The van der Waals surface area contributed by atoms with Crippen LogP contribution in [0, 0.1) is 0 Å². The molecule has 0 saturated carbocycles. The monoisotopic (exact) mass is 105 g/mol. The summed E-state index contributed by atoms with van der Waals surface area (Å²) in [4.78, 5) is 9.26. The highest BCUT2D eigenvalue weighted by Crippen LogP contribution is 1.68. The van der Waals surface area contributed by atoms with Gasteiger partial charge < -0.3 is 0 Å². The maximum absolute atomic E-state index is 9.26. The second-order valence-corrected chi connectivity index (χ2v) is 0.726. The molecule has 3 heteroatoms. The molecule has 2 nitrogen and oxygen atoms in total. The highest BCUT2D eigenvalue weighted by Gasteiger charge is 1.85. The lowest BCUT2D eigenvalue weighted by Gasteiger charge is -1.65. The predicted molar refractivity (Wildman–Crippen MR) is 27.3 cm³/mol. The Hall–Kier alpha value is -0.313. The Labute approximate surface area is 41.2 Å². The van der Waals surface area contributed by atoms with Crippen LogP contribution in [0.5, 0.6) is 0 Å². The second-order valence-electron chi connectivity index (χ2n) is 0.726. The van der Waals surface area contributed by atoms with Crippen LogP contribution >= 0.6 is 0 Å². The molecule has 0 aliphatic carbocycles. The molecule has 37 valence electrons. The second kappa shape index (κ2) is 4.69. The predicted octanol–water partition coefficient (Wildman–Crippen LogP) is -1.10. The molecule has 0 amide bonds. The third-order valence-corrected chi connectivity index (χ3v) is 0.289. The van der Waals surface area contributed by atoms with Crippen molar-refractivity contribution in [2.24, 2.45) is 0 Å². The molecule has 0 fully saturated rings. The van der Waals surface area contributed by atoms with Gasteiger partial charge in [-0.2, -0.15) is 0 Å². The summed E-state index contributed by atoms with van der Waals surface area (Å²) >= 11 is 0. The van der Waals surface area contributed by atoms with Gasteiger partial charge in [-0.25, -0.2) is 9.90 Å². The maximum atomic E-state index is 9.26. The van der Waals surface area contributed by atoms with Gasteiger partial charge in [0.1, 0.15) is 0 Å². The summed E-state index contributed by atoms with van der Waals surface area (Å²) in [6.07, 6.45) is 0.111. The Morgan fingerprint density at radius 1 is 1.67 bits per heavy atom. The minimum atomic E-state index is -0.995. The van der Waals surface area contributed by atoms with E-state index in [4.69, 9.17) is 0 Å². The van der Waals surface area contributed by atoms with Crippen LogP contribution in [0.4, 0.5) is 0 Å². The standard InChI is InChI=1S/C3H5O2.H4Si/c1-2-3(4)5;/h2H2,1H3;1H4.